The number of nitrogens with zero attached hydrogens (tertiary/aromatic N) is 3. The number of rotatable bonds is 2. The van der Waals surface area contributed by atoms with Crippen molar-refractivity contribution in [3.05, 3.63) is 30.1 Å². The Labute approximate surface area is 87.9 Å². The van der Waals surface area contributed by atoms with E-state index in [1.807, 2.05) is 26.2 Å². The Kier molecular flexibility index (Phi) is 2.29. The number of nitrogen functional groups attached to an aromatic ring is 1. The lowest BCUT2D eigenvalue weighted by Gasteiger charge is -2.04. The summed E-state index contributed by atoms with van der Waals surface area (Å²) in [6.45, 7) is 1.92. The molecule has 0 unspecified atom stereocenters. The third-order valence-electron chi connectivity index (χ3n) is 2.11. The summed E-state index contributed by atoms with van der Waals surface area (Å²) < 4.78 is 1.72. The van der Waals surface area contributed by atoms with Crippen LogP contribution in [0.3, 0.4) is 0 Å². The van der Waals surface area contributed by atoms with Crippen LogP contribution in [-0.4, -0.2) is 14.8 Å². The molecule has 5 heteroatoms. The second-order valence-electron chi connectivity index (χ2n) is 3.43. The summed E-state index contributed by atoms with van der Waals surface area (Å²) in [7, 11) is 1.86. The van der Waals surface area contributed by atoms with Crippen LogP contribution in [0.15, 0.2) is 24.5 Å². The molecule has 5 nitrogen and oxygen atoms in total. The topological polar surface area (TPSA) is 68.8 Å². The number of hydrogen-bond acceptors (Lipinski definition) is 4. The van der Waals surface area contributed by atoms with Crippen molar-refractivity contribution in [2.75, 3.05) is 11.1 Å². The summed E-state index contributed by atoms with van der Waals surface area (Å²) in [6.07, 6.45) is 3.60. The first-order valence-corrected chi connectivity index (χ1v) is 4.64. The van der Waals surface area contributed by atoms with E-state index in [0.717, 1.165) is 17.1 Å². The standard InChI is InChI=1S/C10H13N5/c1-7-6-12-10(5-8(7)11)13-9-3-4-15(2)14-9/h3-6H,1-2H3,(H3,11,12,13,14). The zero-order valence-electron chi connectivity index (χ0n) is 8.73. The van der Waals surface area contributed by atoms with E-state index in [4.69, 9.17) is 5.73 Å². The Balaban J connectivity index is 2.21. The largest absolute Gasteiger partial charge is 0.398 e. The van der Waals surface area contributed by atoms with Crippen LogP contribution in [0.2, 0.25) is 0 Å². The van der Waals surface area contributed by atoms with Gasteiger partial charge < -0.3 is 11.1 Å². The maximum atomic E-state index is 5.77. The third kappa shape index (κ3) is 2.07. The molecule has 0 aliphatic carbocycles. The van der Waals surface area contributed by atoms with Crippen molar-refractivity contribution in [2.45, 2.75) is 6.92 Å². The maximum absolute atomic E-state index is 5.77. The van der Waals surface area contributed by atoms with Crippen LogP contribution >= 0.6 is 0 Å². The first-order valence-electron chi connectivity index (χ1n) is 4.64. The van der Waals surface area contributed by atoms with Gasteiger partial charge in [0.2, 0.25) is 0 Å². The van der Waals surface area contributed by atoms with Gasteiger partial charge in [-0.15, -0.1) is 0 Å². The van der Waals surface area contributed by atoms with E-state index in [9.17, 15) is 0 Å². The minimum atomic E-state index is 0.705. The fourth-order valence-corrected chi connectivity index (χ4v) is 1.22. The fourth-order valence-electron chi connectivity index (χ4n) is 1.22. The third-order valence-corrected chi connectivity index (χ3v) is 2.11. The SMILES string of the molecule is Cc1cnc(Nc2ccn(C)n2)cc1N. The molecular weight excluding hydrogens is 190 g/mol. The van der Waals surface area contributed by atoms with E-state index in [1.165, 1.54) is 0 Å². The van der Waals surface area contributed by atoms with Crippen LogP contribution in [0, 0.1) is 6.92 Å². The van der Waals surface area contributed by atoms with E-state index in [0.29, 0.717) is 5.82 Å². The van der Waals surface area contributed by atoms with E-state index in [2.05, 4.69) is 15.4 Å². The van der Waals surface area contributed by atoms with Gasteiger partial charge in [-0.05, 0) is 12.5 Å². The Hall–Kier alpha value is -2.04. The maximum Gasteiger partial charge on any atom is 0.153 e. The molecule has 0 aliphatic rings. The molecule has 0 saturated carbocycles. The Morgan fingerprint density at radius 3 is 2.80 bits per heavy atom. The quantitative estimate of drug-likeness (QED) is 0.775. The van der Waals surface area contributed by atoms with E-state index >= 15 is 0 Å². The lowest BCUT2D eigenvalue weighted by atomic mass is 10.2. The van der Waals surface area contributed by atoms with Crippen molar-refractivity contribution in [3.8, 4) is 0 Å². The molecule has 2 aromatic rings. The summed E-state index contributed by atoms with van der Waals surface area (Å²) in [5.41, 5.74) is 7.47. The van der Waals surface area contributed by atoms with Crippen LogP contribution in [0.1, 0.15) is 5.56 Å². The molecule has 2 heterocycles. The van der Waals surface area contributed by atoms with Crippen molar-refractivity contribution >= 4 is 17.3 Å². The number of aromatic nitrogens is 3. The van der Waals surface area contributed by atoms with Gasteiger partial charge in [-0.25, -0.2) is 4.98 Å². The van der Waals surface area contributed by atoms with Crippen molar-refractivity contribution in [1.82, 2.24) is 14.8 Å². The minimum absolute atomic E-state index is 0.705. The number of anilines is 3. The predicted molar refractivity (Wildman–Crippen MR) is 59.9 cm³/mol. The minimum Gasteiger partial charge on any atom is -0.398 e. The summed E-state index contributed by atoms with van der Waals surface area (Å²) in [6, 6.07) is 3.67. The van der Waals surface area contributed by atoms with Crippen molar-refractivity contribution in [3.63, 3.8) is 0 Å². The molecule has 15 heavy (non-hydrogen) atoms. The predicted octanol–water partition coefficient (Wildman–Crippen LogP) is 1.45. The molecule has 0 fully saturated rings. The summed E-state index contributed by atoms with van der Waals surface area (Å²) in [5.74, 6) is 1.46. The van der Waals surface area contributed by atoms with Crippen molar-refractivity contribution < 1.29 is 0 Å². The van der Waals surface area contributed by atoms with Crippen molar-refractivity contribution in [2.24, 2.45) is 7.05 Å². The molecule has 0 atom stereocenters. The molecule has 0 aliphatic heterocycles. The zero-order chi connectivity index (χ0) is 10.8. The van der Waals surface area contributed by atoms with Gasteiger partial charge in [-0.1, -0.05) is 0 Å². The molecule has 2 rings (SSSR count). The smallest absolute Gasteiger partial charge is 0.153 e. The van der Waals surface area contributed by atoms with Crippen LogP contribution in [0.4, 0.5) is 17.3 Å². The lowest BCUT2D eigenvalue weighted by molar-refractivity contribution is 0.771. The van der Waals surface area contributed by atoms with E-state index < -0.39 is 0 Å². The lowest BCUT2D eigenvalue weighted by Crippen LogP contribution is -1.98. The van der Waals surface area contributed by atoms with Gasteiger partial charge in [0.25, 0.3) is 0 Å². The monoisotopic (exact) mass is 203 g/mol. The van der Waals surface area contributed by atoms with Crippen molar-refractivity contribution in [1.29, 1.82) is 0 Å². The first kappa shape index (κ1) is 9.51. The molecule has 0 amide bonds. The second-order valence-corrected chi connectivity index (χ2v) is 3.43. The highest BCUT2D eigenvalue weighted by molar-refractivity contribution is 5.58. The van der Waals surface area contributed by atoms with Gasteiger partial charge in [-0.3, -0.25) is 4.68 Å². The fraction of sp³-hybridized carbons (Fsp3) is 0.200. The van der Waals surface area contributed by atoms with Crippen LogP contribution < -0.4 is 11.1 Å². The van der Waals surface area contributed by atoms with Gasteiger partial charge in [0.15, 0.2) is 5.82 Å². The number of pyridine rings is 1. The first-order chi connectivity index (χ1) is 7.15. The summed E-state index contributed by atoms with van der Waals surface area (Å²) in [4.78, 5) is 4.20. The molecule has 3 N–H and O–H groups in total. The molecule has 78 valence electrons. The zero-order valence-corrected chi connectivity index (χ0v) is 8.73. The Morgan fingerprint density at radius 1 is 1.40 bits per heavy atom. The Bertz CT molecular complexity index is 474. The molecule has 0 bridgehead atoms. The van der Waals surface area contributed by atoms with Crippen LogP contribution in [0.25, 0.3) is 0 Å². The summed E-state index contributed by atoms with van der Waals surface area (Å²) >= 11 is 0. The highest BCUT2D eigenvalue weighted by Crippen LogP contribution is 2.16. The van der Waals surface area contributed by atoms with E-state index in [-0.39, 0.29) is 0 Å². The van der Waals surface area contributed by atoms with Crippen LogP contribution in [-0.2, 0) is 7.05 Å². The number of nitrogens with two attached hydrogens (primary N) is 1. The molecule has 0 spiro atoms. The van der Waals surface area contributed by atoms with Gasteiger partial charge in [-0.2, -0.15) is 5.10 Å². The van der Waals surface area contributed by atoms with Gasteiger partial charge >= 0.3 is 0 Å². The average Bonchev–Trinajstić information content (AvgIpc) is 2.58. The van der Waals surface area contributed by atoms with Gasteiger partial charge in [0.1, 0.15) is 5.82 Å². The highest BCUT2D eigenvalue weighted by atomic mass is 15.3. The highest BCUT2D eigenvalue weighted by Gasteiger charge is 2.00. The number of hydrogen-bond donors (Lipinski definition) is 2. The number of nitrogens with one attached hydrogen (secondary N) is 1. The summed E-state index contributed by atoms with van der Waals surface area (Å²) in [5, 5.41) is 7.25. The molecular formula is C10H13N5. The van der Waals surface area contributed by atoms with E-state index in [1.54, 1.807) is 16.9 Å². The second kappa shape index (κ2) is 3.61. The molecule has 0 aromatic carbocycles. The molecule has 2 aromatic heterocycles. The van der Waals surface area contributed by atoms with Crippen LogP contribution in [0.5, 0.6) is 0 Å². The van der Waals surface area contributed by atoms with Gasteiger partial charge in [0, 0.05) is 37.3 Å². The molecule has 0 radical (unpaired) electrons. The van der Waals surface area contributed by atoms with Gasteiger partial charge in [0.05, 0.1) is 0 Å². The Morgan fingerprint density at radius 2 is 2.20 bits per heavy atom. The normalized spacial score (nSPS) is 10.3. The average molecular weight is 203 g/mol. The number of aryl methyl sites for hydroxylation is 2. The molecule has 0 saturated heterocycles.